The topological polar surface area (TPSA) is 102 Å². The standard InChI is InChI=1S/C25H35N5O4/c1-2-19-8-3-4-9-20(19)26-21(31)18-28-14-16-29(17-15-28)22(32)10-7-13-30-23(33)25(27-24(30)34)11-5-6-12-25/h3-4,8-9H,2,5-7,10-18H2,1H3,(H,26,31)(H,27,34). The van der Waals surface area contributed by atoms with E-state index in [0.29, 0.717) is 58.4 Å². The second kappa shape index (κ2) is 10.5. The van der Waals surface area contributed by atoms with Gasteiger partial charge in [0.15, 0.2) is 0 Å². The van der Waals surface area contributed by atoms with Gasteiger partial charge in [-0.2, -0.15) is 0 Å². The van der Waals surface area contributed by atoms with Gasteiger partial charge < -0.3 is 15.5 Å². The number of hydrogen-bond acceptors (Lipinski definition) is 5. The lowest BCUT2D eigenvalue weighted by atomic mass is 9.98. The zero-order valence-corrected chi connectivity index (χ0v) is 20.0. The Labute approximate surface area is 200 Å². The van der Waals surface area contributed by atoms with Crippen LogP contribution in [0.1, 0.15) is 51.0 Å². The Morgan fingerprint density at radius 3 is 2.47 bits per heavy atom. The molecule has 1 spiro atoms. The van der Waals surface area contributed by atoms with Crippen molar-refractivity contribution in [3.05, 3.63) is 29.8 Å². The van der Waals surface area contributed by atoms with Crippen LogP contribution in [-0.4, -0.2) is 83.3 Å². The van der Waals surface area contributed by atoms with Crippen LogP contribution in [0.3, 0.4) is 0 Å². The fraction of sp³-hybridized carbons (Fsp3) is 0.600. The fourth-order valence-corrected chi connectivity index (χ4v) is 5.24. The van der Waals surface area contributed by atoms with Gasteiger partial charge in [-0.3, -0.25) is 24.2 Å². The van der Waals surface area contributed by atoms with Crippen LogP contribution < -0.4 is 10.6 Å². The Hall–Kier alpha value is -2.94. The number of nitrogens with one attached hydrogen (secondary N) is 2. The molecule has 2 N–H and O–H groups in total. The molecule has 0 aromatic heterocycles. The van der Waals surface area contributed by atoms with Gasteiger partial charge in [-0.25, -0.2) is 4.79 Å². The molecule has 184 valence electrons. The van der Waals surface area contributed by atoms with Crippen molar-refractivity contribution in [2.24, 2.45) is 0 Å². The molecule has 9 heteroatoms. The Morgan fingerprint density at radius 2 is 1.76 bits per heavy atom. The van der Waals surface area contributed by atoms with Crippen LogP contribution in [0.4, 0.5) is 10.5 Å². The Bertz CT molecular complexity index is 935. The van der Waals surface area contributed by atoms with E-state index in [2.05, 4.69) is 22.5 Å². The highest BCUT2D eigenvalue weighted by atomic mass is 16.2. The largest absolute Gasteiger partial charge is 0.340 e. The van der Waals surface area contributed by atoms with Crippen molar-refractivity contribution in [3.63, 3.8) is 0 Å². The van der Waals surface area contributed by atoms with E-state index in [1.165, 1.54) is 4.90 Å². The minimum atomic E-state index is -0.692. The summed E-state index contributed by atoms with van der Waals surface area (Å²) in [7, 11) is 0. The Kier molecular flexibility index (Phi) is 7.50. The number of nitrogens with zero attached hydrogens (tertiary/aromatic N) is 3. The maximum Gasteiger partial charge on any atom is 0.325 e. The number of piperazine rings is 1. The summed E-state index contributed by atoms with van der Waals surface area (Å²) >= 11 is 0. The first-order chi connectivity index (χ1) is 16.4. The quantitative estimate of drug-likeness (QED) is 0.567. The van der Waals surface area contributed by atoms with Crippen molar-refractivity contribution in [2.75, 3.05) is 44.6 Å². The van der Waals surface area contributed by atoms with Crippen LogP contribution in [0, 0.1) is 0 Å². The van der Waals surface area contributed by atoms with Gasteiger partial charge in [-0.15, -0.1) is 0 Å². The van der Waals surface area contributed by atoms with Crippen molar-refractivity contribution in [1.82, 2.24) is 20.0 Å². The van der Waals surface area contributed by atoms with Gasteiger partial charge in [0.2, 0.25) is 11.8 Å². The Morgan fingerprint density at radius 1 is 1.06 bits per heavy atom. The molecule has 0 radical (unpaired) electrons. The summed E-state index contributed by atoms with van der Waals surface area (Å²) in [6.45, 7) is 5.07. The summed E-state index contributed by atoms with van der Waals surface area (Å²) in [6, 6.07) is 7.49. The average molecular weight is 470 g/mol. The lowest BCUT2D eigenvalue weighted by molar-refractivity contribution is -0.134. The van der Waals surface area contributed by atoms with E-state index < -0.39 is 5.54 Å². The van der Waals surface area contributed by atoms with Gasteiger partial charge in [-0.1, -0.05) is 38.0 Å². The minimum Gasteiger partial charge on any atom is -0.340 e. The summed E-state index contributed by atoms with van der Waals surface area (Å²) in [6.07, 6.45) is 4.96. The van der Waals surface area contributed by atoms with E-state index in [9.17, 15) is 19.2 Å². The van der Waals surface area contributed by atoms with E-state index in [4.69, 9.17) is 0 Å². The molecule has 1 aliphatic carbocycles. The lowest BCUT2D eigenvalue weighted by Crippen LogP contribution is -2.50. The number of aryl methyl sites for hydroxylation is 1. The molecule has 4 rings (SSSR count). The van der Waals surface area contributed by atoms with Crippen LogP contribution in [0.5, 0.6) is 0 Å². The zero-order chi connectivity index (χ0) is 24.1. The van der Waals surface area contributed by atoms with Crippen molar-refractivity contribution < 1.29 is 19.2 Å². The molecule has 1 aromatic rings. The van der Waals surface area contributed by atoms with Gasteiger partial charge in [0.1, 0.15) is 5.54 Å². The molecule has 9 nitrogen and oxygen atoms in total. The molecule has 1 saturated carbocycles. The molecule has 2 heterocycles. The Balaban J connectivity index is 1.16. The zero-order valence-electron chi connectivity index (χ0n) is 20.0. The van der Waals surface area contributed by atoms with Crippen molar-refractivity contribution in [2.45, 2.75) is 57.4 Å². The molecule has 2 aliphatic heterocycles. The molecule has 1 aromatic carbocycles. The normalized spacial score (nSPS) is 20.1. The third-order valence-electron chi connectivity index (χ3n) is 7.24. The number of imide groups is 1. The van der Waals surface area contributed by atoms with E-state index in [1.807, 2.05) is 29.2 Å². The summed E-state index contributed by atoms with van der Waals surface area (Å²) in [5.74, 6) is -0.145. The first-order valence-corrected chi connectivity index (χ1v) is 12.4. The second-order valence-electron chi connectivity index (χ2n) is 9.50. The van der Waals surface area contributed by atoms with Crippen LogP contribution in [0.2, 0.25) is 0 Å². The van der Waals surface area contributed by atoms with E-state index in [0.717, 1.165) is 30.5 Å². The summed E-state index contributed by atoms with van der Waals surface area (Å²) in [5.41, 5.74) is 1.27. The van der Waals surface area contributed by atoms with E-state index >= 15 is 0 Å². The molecule has 2 saturated heterocycles. The number of benzene rings is 1. The predicted molar refractivity (Wildman–Crippen MR) is 128 cm³/mol. The molecule has 0 atom stereocenters. The third-order valence-corrected chi connectivity index (χ3v) is 7.24. The highest BCUT2D eigenvalue weighted by molar-refractivity contribution is 6.07. The number of carbonyl (C=O) groups is 4. The molecule has 3 aliphatic rings. The molecule has 0 bridgehead atoms. The molecular formula is C25H35N5O4. The average Bonchev–Trinajstić information content (AvgIpc) is 3.39. The van der Waals surface area contributed by atoms with E-state index in [1.54, 1.807) is 0 Å². The maximum atomic E-state index is 12.7. The maximum absolute atomic E-state index is 12.7. The van der Waals surface area contributed by atoms with Crippen molar-refractivity contribution >= 4 is 29.4 Å². The van der Waals surface area contributed by atoms with Gasteiger partial charge >= 0.3 is 6.03 Å². The SMILES string of the molecule is CCc1ccccc1NC(=O)CN1CCN(C(=O)CCCN2C(=O)NC3(CCCC3)C2=O)CC1. The van der Waals surface area contributed by atoms with Gasteiger partial charge in [0.25, 0.3) is 5.91 Å². The highest BCUT2D eigenvalue weighted by Gasteiger charge is 2.52. The van der Waals surface area contributed by atoms with E-state index in [-0.39, 0.29) is 30.3 Å². The number of rotatable bonds is 8. The predicted octanol–water partition coefficient (Wildman–Crippen LogP) is 1.98. The van der Waals surface area contributed by atoms with Gasteiger partial charge in [-0.05, 0) is 37.3 Å². The molecular weight excluding hydrogens is 434 g/mol. The van der Waals surface area contributed by atoms with Crippen molar-refractivity contribution in [1.29, 1.82) is 0 Å². The third kappa shape index (κ3) is 5.24. The van der Waals surface area contributed by atoms with Crippen LogP contribution in [0.25, 0.3) is 0 Å². The molecule has 3 fully saturated rings. The number of anilines is 1. The van der Waals surface area contributed by atoms with Gasteiger partial charge in [0.05, 0.1) is 6.54 Å². The summed E-state index contributed by atoms with van der Waals surface area (Å²) in [5, 5.41) is 5.87. The number of amides is 5. The highest BCUT2D eigenvalue weighted by Crippen LogP contribution is 2.35. The smallest absolute Gasteiger partial charge is 0.325 e. The fourth-order valence-electron chi connectivity index (χ4n) is 5.24. The number of carbonyl (C=O) groups excluding carboxylic acids is 4. The number of para-hydroxylation sites is 1. The lowest BCUT2D eigenvalue weighted by Gasteiger charge is -2.34. The molecule has 5 amide bonds. The number of urea groups is 1. The number of hydrogen-bond donors (Lipinski definition) is 2. The first-order valence-electron chi connectivity index (χ1n) is 12.4. The molecule has 34 heavy (non-hydrogen) atoms. The van der Waals surface area contributed by atoms with Crippen LogP contribution in [0.15, 0.2) is 24.3 Å². The minimum absolute atomic E-state index is 0.0311. The molecule has 0 unspecified atom stereocenters. The van der Waals surface area contributed by atoms with Crippen LogP contribution >= 0.6 is 0 Å². The van der Waals surface area contributed by atoms with Gasteiger partial charge in [0, 0.05) is 44.8 Å². The van der Waals surface area contributed by atoms with Crippen LogP contribution in [-0.2, 0) is 20.8 Å². The van der Waals surface area contributed by atoms with Crippen molar-refractivity contribution in [3.8, 4) is 0 Å². The summed E-state index contributed by atoms with van der Waals surface area (Å²) < 4.78 is 0. The first kappa shape index (κ1) is 24.2. The second-order valence-corrected chi connectivity index (χ2v) is 9.50. The summed E-state index contributed by atoms with van der Waals surface area (Å²) in [4.78, 5) is 55.2. The monoisotopic (exact) mass is 469 g/mol.